The van der Waals surface area contributed by atoms with Crippen LogP contribution in [0, 0.1) is 11.8 Å². The summed E-state index contributed by atoms with van der Waals surface area (Å²) >= 11 is 0. The summed E-state index contributed by atoms with van der Waals surface area (Å²) in [5, 5.41) is 0. The fourth-order valence-corrected chi connectivity index (χ4v) is 6.14. The quantitative estimate of drug-likeness (QED) is 0.593. The highest BCUT2D eigenvalue weighted by Gasteiger charge is 2.45. The number of carbonyl (C=O) groups is 2. The van der Waals surface area contributed by atoms with E-state index in [1.165, 1.54) is 22.3 Å². The summed E-state index contributed by atoms with van der Waals surface area (Å²) in [6.45, 7) is 5.45. The van der Waals surface area contributed by atoms with Crippen molar-refractivity contribution in [2.45, 2.75) is 57.5 Å². The highest BCUT2D eigenvalue weighted by Crippen LogP contribution is 2.44. The van der Waals surface area contributed by atoms with Crippen molar-refractivity contribution in [1.29, 1.82) is 0 Å². The van der Waals surface area contributed by atoms with Crippen LogP contribution in [-0.2, 0) is 14.3 Å². The van der Waals surface area contributed by atoms with E-state index in [9.17, 15) is 9.59 Å². The topological polar surface area (TPSA) is 55.8 Å². The maximum absolute atomic E-state index is 13.3. The number of Topliss-reactive ketones (excluding diaryl/α,β-unsaturated/α-hetero) is 1. The summed E-state index contributed by atoms with van der Waals surface area (Å²) in [5.41, 5.74) is 4.87. The summed E-state index contributed by atoms with van der Waals surface area (Å²) < 4.78 is 11.7. The number of benzene rings is 2. The van der Waals surface area contributed by atoms with E-state index in [0.29, 0.717) is 38.4 Å². The Morgan fingerprint density at radius 3 is 2.03 bits per heavy atom. The van der Waals surface area contributed by atoms with Crippen LogP contribution in [0.5, 0.6) is 0 Å². The average Bonchev–Trinajstić information content (AvgIpc) is 3.16. The molecule has 2 aromatic carbocycles. The number of fused-ring (bicyclic) bond motifs is 5. The zero-order valence-electron chi connectivity index (χ0n) is 19.5. The normalized spacial score (nSPS) is 23.8. The van der Waals surface area contributed by atoms with Crippen molar-refractivity contribution < 1.29 is 19.1 Å². The number of morpholine rings is 1. The first kappa shape index (κ1) is 22.1. The lowest BCUT2D eigenvalue weighted by molar-refractivity contribution is -0.135. The van der Waals surface area contributed by atoms with Crippen LogP contribution >= 0.6 is 0 Å². The molecule has 2 unspecified atom stereocenters. The van der Waals surface area contributed by atoms with Crippen LogP contribution in [0.15, 0.2) is 48.5 Å². The van der Waals surface area contributed by atoms with Gasteiger partial charge in [-0.2, -0.15) is 0 Å². The van der Waals surface area contributed by atoms with Gasteiger partial charge >= 0.3 is 6.09 Å². The van der Waals surface area contributed by atoms with Crippen LogP contribution in [-0.4, -0.2) is 48.7 Å². The molecule has 2 aliphatic heterocycles. The molecule has 0 radical (unpaired) electrons. The summed E-state index contributed by atoms with van der Waals surface area (Å²) in [6, 6.07) is 16.6. The van der Waals surface area contributed by atoms with E-state index in [1.807, 2.05) is 17.0 Å². The molecule has 2 atom stereocenters. The average molecular weight is 448 g/mol. The molecule has 0 N–H and O–H groups in total. The zero-order chi connectivity index (χ0) is 22.9. The molecule has 2 bridgehead atoms. The highest BCUT2D eigenvalue weighted by atomic mass is 16.6. The molecule has 174 valence electrons. The third-order valence-corrected chi connectivity index (χ3v) is 7.86. The molecule has 1 aliphatic carbocycles. The summed E-state index contributed by atoms with van der Waals surface area (Å²) in [6.07, 6.45) is 2.84. The Hall–Kier alpha value is -2.66. The van der Waals surface area contributed by atoms with Crippen molar-refractivity contribution in [2.24, 2.45) is 11.8 Å². The first-order valence-corrected chi connectivity index (χ1v) is 12.4. The molecule has 5 rings (SSSR count). The van der Waals surface area contributed by atoms with Crippen molar-refractivity contribution in [3.8, 4) is 11.1 Å². The number of ether oxygens (including phenoxy) is 2. The van der Waals surface area contributed by atoms with Gasteiger partial charge in [-0.15, -0.1) is 0 Å². The largest absolute Gasteiger partial charge is 0.448 e. The molecular formula is C28H33NO4. The van der Waals surface area contributed by atoms with Gasteiger partial charge in [0.25, 0.3) is 0 Å². The number of piperidine rings is 1. The minimum atomic E-state index is -0.274. The van der Waals surface area contributed by atoms with Crippen molar-refractivity contribution in [3.05, 3.63) is 59.7 Å². The van der Waals surface area contributed by atoms with Gasteiger partial charge in [0.1, 0.15) is 12.4 Å². The second kappa shape index (κ2) is 9.30. The molecule has 5 nitrogen and oxygen atoms in total. The Labute approximate surface area is 196 Å². The van der Waals surface area contributed by atoms with Crippen LogP contribution in [0.1, 0.15) is 56.6 Å². The van der Waals surface area contributed by atoms with E-state index in [2.05, 4.69) is 50.2 Å². The van der Waals surface area contributed by atoms with Gasteiger partial charge < -0.3 is 9.47 Å². The molecule has 2 aromatic rings. The number of amides is 1. The van der Waals surface area contributed by atoms with Crippen LogP contribution in [0.3, 0.4) is 0 Å². The number of hydrogen-bond donors (Lipinski definition) is 0. The second-order valence-corrected chi connectivity index (χ2v) is 9.64. The minimum absolute atomic E-state index is 0.0198. The molecule has 33 heavy (non-hydrogen) atoms. The fourth-order valence-electron chi connectivity index (χ4n) is 6.14. The van der Waals surface area contributed by atoms with Gasteiger partial charge in [0.05, 0.1) is 25.3 Å². The molecule has 2 saturated heterocycles. The number of nitrogens with zero attached hydrogens (tertiary/aromatic N) is 1. The van der Waals surface area contributed by atoms with Crippen LogP contribution < -0.4 is 0 Å². The second-order valence-electron chi connectivity index (χ2n) is 9.64. The summed E-state index contributed by atoms with van der Waals surface area (Å²) in [5.74, 6) is 0.555. The predicted octanol–water partition coefficient (Wildman–Crippen LogP) is 5.42. The van der Waals surface area contributed by atoms with Gasteiger partial charge in [0, 0.05) is 17.8 Å². The van der Waals surface area contributed by atoms with Crippen molar-refractivity contribution in [1.82, 2.24) is 4.90 Å². The number of hydrogen-bond acceptors (Lipinski definition) is 4. The van der Waals surface area contributed by atoms with E-state index < -0.39 is 0 Å². The Morgan fingerprint density at radius 2 is 1.48 bits per heavy atom. The van der Waals surface area contributed by atoms with E-state index in [0.717, 1.165) is 12.8 Å². The molecule has 0 saturated carbocycles. The van der Waals surface area contributed by atoms with Crippen LogP contribution in [0.2, 0.25) is 0 Å². The van der Waals surface area contributed by atoms with E-state index in [4.69, 9.17) is 9.47 Å². The Kier molecular flexibility index (Phi) is 6.24. The van der Waals surface area contributed by atoms with Gasteiger partial charge in [-0.25, -0.2) is 4.79 Å². The maximum atomic E-state index is 13.3. The molecule has 2 fully saturated rings. The number of ketones is 1. The fraction of sp³-hybridized carbons (Fsp3) is 0.500. The Morgan fingerprint density at radius 1 is 0.939 bits per heavy atom. The van der Waals surface area contributed by atoms with Gasteiger partial charge in [-0.05, 0) is 47.9 Å². The smallest absolute Gasteiger partial charge is 0.410 e. The molecule has 3 aliphatic rings. The van der Waals surface area contributed by atoms with Crippen molar-refractivity contribution >= 4 is 11.9 Å². The number of carbonyl (C=O) groups excluding carboxylic acids is 2. The van der Waals surface area contributed by atoms with E-state index >= 15 is 0 Å². The lowest BCUT2D eigenvalue weighted by atomic mass is 9.78. The molecule has 0 aromatic heterocycles. The summed E-state index contributed by atoms with van der Waals surface area (Å²) in [7, 11) is 0. The zero-order valence-corrected chi connectivity index (χ0v) is 19.5. The van der Waals surface area contributed by atoms with E-state index in [1.54, 1.807) is 0 Å². The monoisotopic (exact) mass is 447 g/mol. The first-order chi connectivity index (χ1) is 16.1. The van der Waals surface area contributed by atoms with Crippen LogP contribution in [0.4, 0.5) is 4.79 Å². The van der Waals surface area contributed by atoms with Gasteiger partial charge in [-0.3, -0.25) is 9.69 Å². The van der Waals surface area contributed by atoms with Gasteiger partial charge in [-0.1, -0.05) is 62.4 Å². The number of rotatable bonds is 6. The maximum Gasteiger partial charge on any atom is 0.410 e. The van der Waals surface area contributed by atoms with Crippen LogP contribution in [0.25, 0.3) is 11.1 Å². The standard InChI is InChI=1S/C28H33NO4/c1-3-18(4-2)27(30)19-13-20-15-32-16-21(14-19)29(20)28(31)33-17-26-24-11-7-5-9-22(24)23-10-6-8-12-25(23)26/h5-12,18-21,26H,3-4,13-17H2,1-2H3. The van der Waals surface area contributed by atoms with Crippen molar-refractivity contribution in [3.63, 3.8) is 0 Å². The van der Waals surface area contributed by atoms with Gasteiger partial charge in [0.2, 0.25) is 0 Å². The highest BCUT2D eigenvalue weighted by molar-refractivity contribution is 5.84. The third-order valence-electron chi connectivity index (χ3n) is 7.86. The Balaban J connectivity index is 1.29. The third kappa shape index (κ3) is 3.97. The molecular weight excluding hydrogens is 414 g/mol. The molecule has 5 heteroatoms. The molecule has 2 heterocycles. The SMILES string of the molecule is CCC(CC)C(=O)C1CC2COCC(C1)N2C(=O)OCC1c2ccccc2-c2ccccc21. The first-order valence-electron chi connectivity index (χ1n) is 12.4. The Bertz CT molecular complexity index is 971. The van der Waals surface area contributed by atoms with Crippen molar-refractivity contribution in [2.75, 3.05) is 19.8 Å². The lowest BCUT2D eigenvalue weighted by Crippen LogP contribution is -2.60. The molecule has 0 spiro atoms. The minimum Gasteiger partial charge on any atom is -0.448 e. The van der Waals surface area contributed by atoms with Gasteiger partial charge in [0.15, 0.2) is 0 Å². The summed E-state index contributed by atoms with van der Waals surface area (Å²) in [4.78, 5) is 28.2. The lowest BCUT2D eigenvalue weighted by Gasteiger charge is -2.47. The predicted molar refractivity (Wildman–Crippen MR) is 127 cm³/mol. The van der Waals surface area contributed by atoms with E-state index in [-0.39, 0.29) is 35.9 Å². The molecule has 1 amide bonds.